The molecule has 1 aliphatic heterocycles. The molecule has 1 saturated heterocycles. The summed E-state index contributed by atoms with van der Waals surface area (Å²) in [5.41, 5.74) is 0.838. The Kier molecular flexibility index (Phi) is 6.20. The van der Waals surface area contributed by atoms with E-state index < -0.39 is 27.3 Å². The summed E-state index contributed by atoms with van der Waals surface area (Å²) in [5.74, 6) is 0.311. The minimum Gasteiger partial charge on any atom is -0.491 e. The van der Waals surface area contributed by atoms with E-state index in [-0.39, 0.29) is 25.6 Å². The highest BCUT2D eigenvalue weighted by Gasteiger charge is 2.37. The summed E-state index contributed by atoms with van der Waals surface area (Å²) in [7, 11) is -2.23. The van der Waals surface area contributed by atoms with Gasteiger partial charge in [-0.25, -0.2) is 13.1 Å². The zero-order valence-electron chi connectivity index (χ0n) is 14.1. The molecule has 0 aliphatic carbocycles. The van der Waals surface area contributed by atoms with Gasteiger partial charge in [0, 0.05) is 13.1 Å². The Bertz CT molecular complexity index is 658. The second-order valence-corrected chi connectivity index (χ2v) is 8.06. The summed E-state index contributed by atoms with van der Waals surface area (Å²) < 4.78 is 37.5. The van der Waals surface area contributed by atoms with Crippen LogP contribution in [-0.2, 0) is 26.1 Å². The number of hydrogen-bond donors (Lipinski definition) is 2. The van der Waals surface area contributed by atoms with E-state index in [1.165, 1.54) is 7.11 Å². The molecule has 2 unspecified atom stereocenters. The fourth-order valence-corrected chi connectivity index (χ4v) is 3.89. The highest BCUT2D eigenvalue weighted by atomic mass is 32.2. The molecule has 0 spiro atoms. The third-order valence-corrected chi connectivity index (χ3v) is 5.57. The number of carbonyl (C=O) groups excluding carboxylic acids is 1. The third-order valence-electron chi connectivity index (χ3n) is 3.79. The van der Waals surface area contributed by atoms with Crippen LogP contribution in [-0.4, -0.2) is 45.4 Å². The van der Waals surface area contributed by atoms with Crippen LogP contribution < -0.4 is 14.8 Å². The molecule has 2 rings (SSSR count). The van der Waals surface area contributed by atoms with Crippen molar-refractivity contribution in [2.45, 2.75) is 44.2 Å². The van der Waals surface area contributed by atoms with Crippen molar-refractivity contribution in [1.82, 2.24) is 10.0 Å². The van der Waals surface area contributed by atoms with Crippen molar-refractivity contribution in [2.24, 2.45) is 0 Å². The van der Waals surface area contributed by atoms with Crippen molar-refractivity contribution in [3.63, 3.8) is 0 Å². The number of nitrogens with one attached hydrogen (secondary N) is 2. The van der Waals surface area contributed by atoms with Gasteiger partial charge < -0.3 is 14.8 Å². The number of methoxy groups -OCH3 is 1. The second kappa shape index (κ2) is 7.96. The van der Waals surface area contributed by atoms with Gasteiger partial charge in [0.1, 0.15) is 11.8 Å². The molecule has 134 valence electrons. The van der Waals surface area contributed by atoms with Crippen LogP contribution in [0.1, 0.15) is 25.8 Å². The molecule has 1 aromatic carbocycles. The smallest absolute Gasteiger partial charge is 0.322 e. The number of hydrogen-bond acceptors (Lipinski definition) is 6. The molecular weight excluding hydrogens is 332 g/mol. The van der Waals surface area contributed by atoms with Crippen LogP contribution in [0.2, 0.25) is 0 Å². The summed E-state index contributed by atoms with van der Waals surface area (Å²) in [6.07, 6.45) is 0.301. The molecule has 0 radical (unpaired) electrons. The average molecular weight is 356 g/mol. The van der Waals surface area contributed by atoms with Crippen LogP contribution in [0.15, 0.2) is 24.3 Å². The highest BCUT2D eigenvalue weighted by Crippen LogP contribution is 2.17. The molecule has 8 heteroatoms. The zero-order chi connectivity index (χ0) is 17.7. The van der Waals surface area contributed by atoms with Gasteiger partial charge in [-0.3, -0.25) is 4.79 Å². The summed E-state index contributed by atoms with van der Waals surface area (Å²) in [5, 5.41) is 2.23. The van der Waals surface area contributed by atoms with Crippen LogP contribution >= 0.6 is 0 Å². The normalized spacial score (nSPS) is 21.0. The van der Waals surface area contributed by atoms with E-state index in [1.807, 2.05) is 38.1 Å². The molecule has 0 bridgehead atoms. The van der Waals surface area contributed by atoms with Gasteiger partial charge in [0.05, 0.1) is 18.5 Å². The van der Waals surface area contributed by atoms with Gasteiger partial charge in [-0.15, -0.1) is 0 Å². The van der Waals surface area contributed by atoms with Crippen molar-refractivity contribution in [1.29, 1.82) is 0 Å². The number of carbonyl (C=O) groups is 1. The Hall–Kier alpha value is -1.64. The molecular formula is C16H24N2O5S. The lowest BCUT2D eigenvalue weighted by Gasteiger charge is -2.13. The largest absolute Gasteiger partial charge is 0.491 e. The SMILES string of the molecule is COC(=O)C1CC(S(=O)(=O)NCc2ccc(OC(C)C)cc2)CN1. The first kappa shape index (κ1) is 18.7. The van der Waals surface area contributed by atoms with Crippen LogP contribution in [0.25, 0.3) is 0 Å². The molecule has 1 fully saturated rings. The first-order chi connectivity index (χ1) is 11.3. The minimum absolute atomic E-state index is 0.0898. The van der Waals surface area contributed by atoms with Crippen molar-refractivity contribution < 1.29 is 22.7 Å². The van der Waals surface area contributed by atoms with Gasteiger partial charge in [0.15, 0.2) is 0 Å². The average Bonchev–Trinajstić information content (AvgIpc) is 3.04. The maximum atomic E-state index is 12.3. The third kappa shape index (κ3) is 4.93. The molecule has 24 heavy (non-hydrogen) atoms. The lowest BCUT2D eigenvalue weighted by Crippen LogP contribution is -2.35. The highest BCUT2D eigenvalue weighted by molar-refractivity contribution is 7.90. The van der Waals surface area contributed by atoms with E-state index in [4.69, 9.17) is 4.74 Å². The van der Waals surface area contributed by atoms with Crippen molar-refractivity contribution in [2.75, 3.05) is 13.7 Å². The van der Waals surface area contributed by atoms with Gasteiger partial charge >= 0.3 is 5.97 Å². The molecule has 1 heterocycles. The predicted octanol–water partition coefficient (Wildman–Crippen LogP) is 0.797. The molecule has 0 aromatic heterocycles. The second-order valence-electron chi connectivity index (χ2n) is 6.02. The van der Waals surface area contributed by atoms with E-state index in [1.54, 1.807) is 0 Å². The molecule has 0 saturated carbocycles. The number of benzene rings is 1. The first-order valence-corrected chi connectivity index (χ1v) is 9.41. The quantitative estimate of drug-likeness (QED) is 0.702. The summed E-state index contributed by atoms with van der Waals surface area (Å²) in [6, 6.07) is 6.71. The van der Waals surface area contributed by atoms with Crippen molar-refractivity contribution in [3.8, 4) is 5.75 Å². The minimum atomic E-state index is -3.51. The first-order valence-electron chi connectivity index (χ1n) is 7.87. The molecule has 2 N–H and O–H groups in total. The van der Waals surface area contributed by atoms with Crippen molar-refractivity contribution >= 4 is 16.0 Å². The van der Waals surface area contributed by atoms with Gasteiger partial charge in [0.25, 0.3) is 0 Å². The lowest BCUT2D eigenvalue weighted by molar-refractivity contribution is -0.142. The Morgan fingerprint density at radius 1 is 1.33 bits per heavy atom. The van der Waals surface area contributed by atoms with E-state index >= 15 is 0 Å². The Labute approximate surface area is 142 Å². The number of esters is 1. The molecule has 2 atom stereocenters. The van der Waals surface area contributed by atoms with Crippen molar-refractivity contribution in [3.05, 3.63) is 29.8 Å². The van der Waals surface area contributed by atoms with Crippen LogP contribution in [0, 0.1) is 0 Å². The Morgan fingerprint density at radius 2 is 2.00 bits per heavy atom. The monoisotopic (exact) mass is 356 g/mol. The lowest BCUT2D eigenvalue weighted by atomic mass is 10.2. The molecule has 7 nitrogen and oxygen atoms in total. The van der Waals surface area contributed by atoms with E-state index in [9.17, 15) is 13.2 Å². The van der Waals surface area contributed by atoms with Crippen LogP contribution in [0.3, 0.4) is 0 Å². The van der Waals surface area contributed by atoms with Crippen LogP contribution in [0.5, 0.6) is 5.75 Å². The van der Waals surface area contributed by atoms with Gasteiger partial charge in [-0.2, -0.15) is 0 Å². The Balaban J connectivity index is 1.90. The predicted molar refractivity (Wildman–Crippen MR) is 90.2 cm³/mol. The summed E-state index contributed by atoms with van der Waals surface area (Å²) >= 11 is 0. The fraction of sp³-hybridized carbons (Fsp3) is 0.562. The maximum absolute atomic E-state index is 12.3. The van der Waals surface area contributed by atoms with E-state index in [0.717, 1.165) is 11.3 Å². The van der Waals surface area contributed by atoms with Gasteiger partial charge in [-0.1, -0.05) is 12.1 Å². The summed E-state index contributed by atoms with van der Waals surface area (Å²) in [6.45, 7) is 4.32. The maximum Gasteiger partial charge on any atom is 0.322 e. The number of rotatable bonds is 7. The topological polar surface area (TPSA) is 93.7 Å². The van der Waals surface area contributed by atoms with E-state index in [0.29, 0.717) is 0 Å². The van der Waals surface area contributed by atoms with Gasteiger partial charge in [0.2, 0.25) is 10.0 Å². The fourth-order valence-electron chi connectivity index (χ4n) is 2.52. The van der Waals surface area contributed by atoms with E-state index in [2.05, 4.69) is 14.8 Å². The van der Waals surface area contributed by atoms with Gasteiger partial charge in [-0.05, 0) is 38.0 Å². The number of ether oxygens (including phenoxy) is 2. The standard InChI is InChI=1S/C16H24N2O5S/c1-11(2)23-13-6-4-12(5-7-13)9-18-24(20,21)14-8-15(17-10-14)16(19)22-3/h4-7,11,14-15,17-18H,8-10H2,1-3H3. The zero-order valence-corrected chi connectivity index (χ0v) is 14.9. The molecule has 0 amide bonds. The molecule has 1 aliphatic rings. The van der Waals surface area contributed by atoms with Crippen LogP contribution in [0.4, 0.5) is 0 Å². The molecule has 1 aromatic rings. The number of sulfonamides is 1. The summed E-state index contributed by atoms with van der Waals surface area (Å²) in [4.78, 5) is 11.5. The Morgan fingerprint density at radius 3 is 2.58 bits per heavy atom.